The molecule has 0 spiro atoms. The Labute approximate surface area is 105 Å². The van der Waals surface area contributed by atoms with Crippen LogP contribution in [-0.4, -0.2) is 17.6 Å². The van der Waals surface area contributed by atoms with E-state index in [-0.39, 0.29) is 12.3 Å². The largest absolute Gasteiger partial charge is 0.450 e. The number of benzene rings is 1. The minimum absolute atomic E-state index is 0.0150. The Bertz CT molecular complexity index is 422. The van der Waals surface area contributed by atoms with E-state index in [2.05, 4.69) is 5.32 Å². The first kappa shape index (κ1) is 12.7. The van der Waals surface area contributed by atoms with Gasteiger partial charge < -0.3 is 4.74 Å². The number of ether oxygens (including phenoxy) is 1. The molecule has 0 aliphatic rings. The number of non-ortho nitro benzene ring substituents is 1. The zero-order valence-corrected chi connectivity index (χ0v) is 10.6. The number of nitrogens with zero attached hydrogens (tertiary/aromatic N) is 1. The van der Waals surface area contributed by atoms with Crippen molar-refractivity contribution in [1.82, 2.24) is 0 Å². The van der Waals surface area contributed by atoms with Gasteiger partial charge in [0.05, 0.1) is 17.2 Å². The molecule has 1 aromatic carbocycles. The monoisotopic (exact) mass is 336 g/mol. The van der Waals surface area contributed by atoms with Gasteiger partial charge in [0.2, 0.25) is 0 Å². The lowest BCUT2D eigenvalue weighted by molar-refractivity contribution is -0.384. The molecule has 1 N–H and O–H groups in total. The predicted octanol–water partition coefficient (Wildman–Crippen LogP) is 2.77. The smallest absolute Gasteiger partial charge is 0.411 e. The normalized spacial score (nSPS) is 9.62. The van der Waals surface area contributed by atoms with Crippen molar-refractivity contribution in [3.05, 3.63) is 31.9 Å². The molecule has 0 aliphatic carbocycles. The molecule has 0 fully saturated rings. The van der Waals surface area contributed by atoms with E-state index in [0.29, 0.717) is 9.26 Å². The second-order valence-electron chi connectivity index (χ2n) is 2.77. The number of carbonyl (C=O) groups excluding carboxylic acids is 1. The van der Waals surface area contributed by atoms with E-state index in [4.69, 9.17) is 4.74 Å². The summed E-state index contributed by atoms with van der Waals surface area (Å²) in [7, 11) is 0. The van der Waals surface area contributed by atoms with Crippen LogP contribution in [0, 0.1) is 13.7 Å². The molecule has 6 nitrogen and oxygen atoms in total. The fourth-order valence-corrected chi connectivity index (χ4v) is 1.63. The fraction of sp³-hybridized carbons (Fsp3) is 0.222. The molecule has 0 aliphatic heterocycles. The highest BCUT2D eigenvalue weighted by Gasteiger charge is 2.11. The highest BCUT2D eigenvalue weighted by molar-refractivity contribution is 14.1. The third-order valence-electron chi connectivity index (χ3n) is 1.68. The van der Waals surface area contributed by atoms with Crippen LogP contribution in [0.3, 0.4) is 0 Å². The van der Waals surface area contributed by atoms with E-state index < -0.39 is 11.0 Å². The van der Waals surface area contributed by atoms with Gasteiger partial charge >= 0.3 is 6.09 Å². The number of nitro groups is 1. The molecule has 0 aromatic heterocycles. The minimum atomic E-state index is -0.575. The quantitative estimate of drug-likeness (QED) is 0.523. The summed E-state index contributed by atoms with van der Waals surface area (Å²) in [5.41, 5.74) is 0.475. The Morgan fingerprint density at radius 1 is 1.62 bits per heavy atom. The summed E-state index contributed by atoms with van der Waals surface area (Å²) in [6.45, 7) is 1.97. The number of hydrogen-bond donors (Lipinski definition) is 1. The van der Waals surface area contributed by atoms with Crippen molar-refractivity contribution in [1.29, 1.82) is 0 Å². The first-order valence-corrected chi connectivity index (χ1v) is 5.50. The van der Waals surface area contributed by atoms with Gasteiger partial charge in [-0.15, -0.1) is 0 Å². The number of carbonyl (C=O) groups is 1. The molecule has 0 heterocycles. The van der Waals surface area contributed by atoms with E-state index >= 15 is 0 Å². The van der Waals surface area contributed by atoms with Gasteiger partial charge in [-0.3, -0.25) is 15.4 Å². The van der Waals surface area contributed by atoms with Crippen molar-refractivity contribution in [3.8, 4) is 0 Å². The Hall–Kier alpha value is -1.38. The summed E-state index contributed by atoms with van der Waals surface area (Å²) in [4.78, 5) is 21.1. The van der Waals surface area contributed by atoms with E-state index in [0.717, 1.165) is 0 Å². The van der Waals surface area contributed by atoms with Crippen molar-refractivity contribution in [3.63, 3.8) is 0 Å². The van der Waals surface area contributed by atoms with Crippen LogP contribution in [0.5, 0.6) is 0 Å². The number of halogens is 1. The van der Waals surface area contributed by atoms with Crippen LogP contribution >= 0.6 is 22.6 Å². The van der Waals surface area contributed by atoms with Crippen LogP contribution in [0.15, 0.2) is 18.2 Å². The molecule has 0 radical (unpaired) electrons. The maximum absolute atomic E-state index is 11.1. The van der Waals surface area contributed by atoms with Crippen LogP contribution in [-0.2, 0) is 4.74 Å². The second kappa shape index (κ2) is 5.64. The van der Waals surface area contributed by atoms with Gasteiger partial charge in [0, 0.05) is 15.7 Å². The van der Waals surface area contributed by atoms with Crippen molar-refractivity contribution in [2.24, 2.45) is 0 Å². The first-order valence-electron chi connectivity index (χ1n) is 4.42. The molecule has 0 atom stereocenters. The minimum Gasteiger partial charge on any atom is -0.450 e. The molecule has 7 heteroatoms. The van der Waals surface area contributed by atoms with E-state index in [1.807, 2.05) is 22.6 Å². The summed E-state index contributed by atoms with van der Waals surface area (Å²) in [6.07, 6.45) is -0.575. The molecular formula is C9H9IN2O4. The van der Waals surface area contributed by atoms with Crippen molar-refractivity contribution in [2.45, 2.75) is 6.92 Å². The Balaban J connectivity index is 2.83. The van der Waals surface area contributed by atoms with Gasteiger partial charge in [-0.2, -0.15) is 0 Å². The number of rotatable bonds is 3. The molecule has 16 heavy (non-hydrogen) atoms. The SMILES string of the molecule is CCOC(=O)Nc1ccc([N+](=O)[O-])cc1I. The lowest BCUT2D eigenvalue weighted by atomic mass is 10.3. The third kappa shape index (κ3) is 3.33. The van der Waals surface area contributed by atoms with Crippen molar-refractivity contribution in [2.75, 3.05) is 11.9 Å². The average Bonchev–Trinajstić information content (AvgIpc) is 2.21. The van der Waals surface area contributed by atoms with Gasteiger partial charge in [-0.1, -0.05) is 0 Å². The van der Waals surface area contributed by atoms with Crippen molar-refractivity contribution < 1.29 is 14.5 Å². The van der Waals surface area contributed by atoms with Crippen molar-refractivity contribution >= 4 is 40.1 Å². The standard InChI is InChI=1S/C9H9IN2O4/c1-2-16-9(13)11-8-4-3-6(12(14)15)5-7(8)10/h3-5H,2H2,1H3,(H,11,13). The summed E-state index contributed by atoms with van der Waals surface area (Å²) in [5, 5.41) is 13.0. The highest BCUT2D eigenvalue weighted by atomic mass is 127. The fourth-order valence-electron chi connectivity index (χ4n) is 0.996. The van der Waals surface area contributed by atoms with Gasteiger partial charge in [0.15, 0.2) is 0 Å². The second-order valence-corrected chi connectivity index (χ2v) is 3.93. The molecule has 1 aromatic rings. The van der Waals surface area contributed by atoms with E-state index in [9.17, 15) is 14.9 Å². The number of nitrogens with one attached hydrogen (secondary N) is 1. The first-order chi connectivity index (χ1) is 7.54. The molecular weight excluding hydrogens is 327 g/mol. The Morgan fingerprint density at radius 2 is 2.31 bits per heavy atom. The van der Waals surface area contributed by atoms with E-state index in [1.165, 1.54) is 18.2 Å². The molecule has 0 saturated heterocycles. The average molecular weight is 336 g/mol. The number of nitro benzene ring substituents is 1. The van der Waals surface area contributed by atoms with Crippen LogP contribution in [0.1, 0.15) is 6.92 Å². The molecule has 0 unspecified atom stereocenters. The molecule has 0 saturated carbocycles. The van der Waals surface area contributed by atoms with Gasteiger partial charge in [-0.05, 0) is 35.6 Å². The summed E-state index contributed by atoms with van der Waals surface area (Å²) < 4.78 is 5.27. The number of hydrogen-bond acceptors (Lipinski definition) is 4. The topological polar surface area (TPSA) is 81.5 Å². The van der Waals surface area contributed by atoms with Gasteiger partial charge in [-0.25, -0.2) is 4.79 Å². The molecule has 1 rings (SSSR count). The van der Waals surface area contributed by atoms with Crippen LogP contribution in [0.2, 0.25) is 0 Å². The third-order valence-corrected chi connectivity index (χ3v) is 2.57. The number of amides is 1. The van der Waals surface area contributed by atoms with E-state index in [1.54, 1.807) is 6.92 Å². The lowest BCUT2D eigenvalue weighted by Gasteiger charge is -2.06. The molecule has 0 bridgehead atoms. The highest BCUT2D eigenvalue weighted by Crippen LogP contribution is 2.23. The summed E-state index contributed by atoms with van der Waals surface area (Å²) in [5.74, 6) is 0. The zero-order valence-electron chi connectivity index (χ0n) is 8.40. The maximum Gasteiger partial charge on any atom is 0.411 e. The number of anilines is 1. The van der Waals surface area contributed by atoms with Crippen LogP contribution in [0.4, 0.5) is 16.2 Å². The maximum atomic E-state index is 11.1. The summed E-state index contributed by atoms with van der Waals surface area (Å²) in [6, 6.07) is 4.17. The lowest BCUT2D eigenvalue weighted by Crippen LogP contribution is -2.14. The zero-order chi connectivity index (χ0) is 12.1. The van der Waals surface area contributed by atoms with Gasteiger partial charge in [0.25, 0.3) is 5.69 Å². The Morgan fingerprint density at radius 3 is 2.81 bits per heavy atom. The van der Waals surface area contributed by atoms with Gasteiger partial charge in [0.1, 0.15) is 0 Å². The Kier molecular flexibility index (Phi) is 4.47. The summed E-state index contributed by atoms with van der Waals surface area (Å²) >= 11 is 1.91. The molecule has 1 amide bonds. The predicted molar refractivity (Wildman–Crippen MR) is 66.5 cm³/mol. The van der Waals surface area contributed by atoms with Crippen LogP contribution < -0.4 is 5.32 Å². The molecule has 86 valence electrons. The van der Waals surface area contributed by atoms with Crippen LogP contribution in [0.25, 0.3) is 0 Å².